The number of carbonyl (C=O) groups is 1. The second-order valence-corrected chi connectivity index (χ2v) is 5.31. The van der Waals surface area contributed by atoms with Crippen molar-refractivity contribution >= 4 is 5.78 Å². The fourth-order valence-corrected chi connectivity index (χ4v) is 2.49. The minimum absolute atomic E-state index is 0.165. The molecule has 0 bridgehead atoms. The van der Waals surface area contributed by atoms with Gasteiger partial charge in [0.25, 0.3) is 0 Å². The maximum absolute atomic E-state index is 12.4. The van der Waals surface area contributed by atoms with Crippen LogP contribution in [-0.2, 0) is 0 Å². The highest BCUT2D eigenvalue weighted by Crippen LogP contribution is 2.20. The number of piperidine rings is 1. The van der Waals surface area contributed by atoms with Crippen LogP contribution < -0.4 is 4.74 Å². The molecular formula is C16H23NO2. The molecule has 0 unspecified atom stereocenters. The van der Waals surface area contributed by atoms with Crippen LogP contribution in [0.3, 0.4) is 0 Å². The number of rotatable bonds is 5. The Morgan fingerprint density at radius 2 is 2.00 bits per heavy atom. The predicted molar refractivity (Wildman–Crippen MR) is 76.8 cm³/mol. The normalized spacial score (nSPS) is 17.4. The van der Waals surface area contributed by atoms with Crippen LogP contribution in [0.1, 0.15) is 37.0 Å². The second-order valence-electron chi connectivity index (χ2n) is 5.31. The van der Waals surface area contributed by atoms with Crippen molar-refractivity contribution in [3.63, 3.8) is 0 Å². The van der Waals surface area contributed by atoms with Crippen molar-refractivity contribution in [1.82, 2.24) is 4.90 Å². The van der Waals surface area contributed by atoms with E-state index in [2.05, 4.69) is 11.8 Å². The molecule has 1 aromatic carbocycles. The van der Waals surface area contributed by atoms with E-state index in [9.17, 15) is 4.79 Å². The number of para-hydroxylation sites is 1. The number of likely N-dealkylation sites (tertiary alicyclic amines) is 1. The average Bonchev–Trinajstić information content (AvgIpc) is 2.42. The van der Waals surface area contributed by atoms with Gasteiger partial charge in [-0.1, -0.05) is 19.1 Å². The standard InChI is InChI=1S/C16H23NO2/c1-3-19-16-7-5-4-6-14(16)15(18)12-17-10-8-13(2)9-11-17/h4-7,13H,3,8-12H2,1-2H3. The number of ether oxygens (including phenoxy) is 1. The molecule has 0 radical (unpaired) electrons. The van der Waals surface area contributed by atoms with Gasteiger partial charge >= 0.3 is 0 Å². The Morgan fingerprint density at radius 3 is 2.68 bits per heavy atom. The Bertz CT molecular complexity index is 423. The molecule has 1 aromatic rings. The van der Waals surface area contributed by atoms with Crippen LogP contribution in [0.25, 0.3) is 0 Å². The van der Waals surface area contributed by atoms with Gasteiger partial charge in [-0.05, 0) is 50.9 Å². The molecule has 19 heavy (non-hydrogen) atoms. The summed E-state index contributed by atoms with van der Waals surface area (Å²) in [6.45, 7) is 7.38. The topological polar surface area (TPSA) is 29.5 Å². The summed E-state index contributed by atoms with van der Waals surface area (Å²) in [6.07, 6.45) is 2.39. The molecular weight excluding hydrogens is 238 g/mol. The third-order valence-corrected chi connectivity index (χ3v) is 3.73. The Balaban J connectivity index is 1.99. The molecule has 1 heterocycles. The van der Waals surface area contributed by atoms with Gasteiger partial charge in [0.15, 0.2) is 5.78 Å². The molecule has 0 aromatic heterocycles. The molecule has 2 rings (SSSR count). The van der Waals surface area contributed by atoms with Crippen LogP contribution in [0.15, 0.2) is 24.3 Å². The molecule has 1 aliphatic rings. The van der Waals surface area contributed by atoms with Crippen molar-refractivity contribution in [1.29, 1.82) is 0 Å². The average molecular weight is 261 g/mol. The molecule has 1 saturated heterocycles. The molecule has 0 amide bonds. The third kappa shape index (κ3) is 3.80. The van der Waals surface area contributed by atoms with Gasteiger partial charge in [0.2, 0.25) is 0 Å². The van der Waals surface area contributed by atoms with Gasteiger partial charge in [0.1, 0.15) is 5.75 Å². The lowest BCUT2D eigenvalue weighted by atomic mass is 9.98. The van der Waals surface area contributed by atoms with Crippen LogP contribution >= 0.6 is 0 Å². The number of carbonyl (C=O) groups excluding carboxylic acids is 1. The fraction of sp³-hybridized carbons (Fsp3) is 0.562. The van der Waals surface area contributed by atoms with E-state index in [4.69, 9.17) is 4.74 Å². The summed E-state index contributed by atoms with van der Waals surface area (Å²) in [4.78, 5) is 14.6. The molecule has 1 fully saturated rings. The molecule has 104 valence electrons. The minimum Gasteiger partial charge on any atom is -0.493 e. The van der Waals surface area contributed by atoms with E-state index >= 15 is 0 Å². The Hall–Kier alpha value is -1.35. The Kier molecular flexibility index (Phi) is 4.97. The number of benzene rings is 1. The molecule has 1 aliphatic heterocycles. The number of Topliss-reactive ketones (excluding diaryl/α,β-unsaturated/α-hetero) is 1. The molecule has 3 nitrogen and oxygen atoms in total. The largest absolute Gasteiger partial charge is 0.493 e. The zero-order valence-corrected chi connectivity index (χ0v) is 11.9. The summed E-state index contributed by atoms with van der Waals surface area (Å²) in [5.74, 6) is 1.67. The van der Waals surface area contributed by atoms with E-state index in [0.717, 1.165) is 19.0 Å². The van der Waals surface area contributed by atoms with E-state index < -0.39 is 0 Å². The Labute approximate surface area is 115 Å². The zero-order valence-electron chi connectivity index (χ0n) is 11.9. The van der Waals surface area contributed by atoms with Gasteiger partial charge < -0.3 is 4.74 Å². The summed E-state index contributed by atoms with van der Waals surface area (Å²) < 4.78 is 5.53. The molecule has 0 N–H and O–H groups in total. The zero-order chi connectivity index (χ0) is 13.7. The highest BCUT2D eigenvalue weighted by molar-refractivity contribution is 6.00. The van der Waals surface area contributed by atoms with Crippen molar-refractivity contribution < 1.29 is 9.53 Å². The SMILES string of the molecule is CCOc1ccccc1C(=O)CN1CCC(C)CC1. The first-order chi connectivity index (χ1) is 9.20. The summed E-state index contributed by atoms with van der Waals surface area (Å²) in [6, 6.07) is 7.54. The van der Waals surface area contributed by atoms with E-state index in [1.54, 1.807) is 0 Å². The lowest BCUT2D eigenvalue weighted by Gasteiger charge is -2.29. The summed E-state index contributed by atoms with van der Waals surface area (Å²) in [7, 11) is 0. The minimum atomic E-state index is 0.165. The first-order valence-electron chi connectivity index (χ1n) is 7.18. The maximum Gasteiger partial charge on any atom is 0.180 e. The number of hydrogen-bond acceptors (Lipinski definition) is 3. The summed E-state index contributed by atoms with van der Waals surface area (Å²) >= 11 is 0. The van der Waals surface area contributed by atoms with Crippen molar-refractivity contribution in [3.8, 4) is 5.75 Å². The van der Waals surface area contributed by atoms with Crippen LogP contribution in [0.4, 0.5) is 0 Å². The van der Waals surface area contributed by atoms with Crippen molar-refractivity contribution in [3.05, 3.63) is 29.8 Å². The van der Waals surface area contributed by atoms with Gasteiger partial charge in [0, 0.05) is 0 Å². The van der Waals surface area contributed by atoms with Crippen LogP contribution in [0, 0.1) is 5.92 Å². The first kappa shape index (κ1) is 14.1. The molecule has 0 atom stereocenters. The van der Waals surface area contributed by atoms with Gasteiger partial charge in [-0.15, -0.1) is 0 Å². The van der Waals surface area contributed by atoms with Crippen molar-refractivity contribution in [2.45, 2.75) is 26.7 Å². The van der Waals surface area contributed by atoms with Crippen molar-refractivity contribution in [2.75, 3.05) is 26.2 Å². The fourth-order valence-electron chi connectivity index (χ4n) is 2.49. The smallest absolute Gasteiger partial charge is 0.180 e. The van der Waals surface area contributed by atoms with Gasteiger partial charge in [-0.25, -0.2) is 0 Å². The second kappa shape index (κ2) is 6.71. The van der Waals surface area contributed by atoms with Gasteiger partial charge in [-0.2, -0.15) is 0 Å². The van der Waals surface area contributed by atoms with Crippen LogP contribution in [0.2, 0.25) is 0 Å². The Morgan fingerprint density at radius 1 is 1.32 bits per heavy atom. The third-order valence-electron chi connectivity index (χ3n) is 3.73. The lowest BCUT2D eigenvalue weighted by Crippen LogP contribution is -2.36. The molecule has 3 heteroatoms. The van der Waals surface area contributed by atoms with Crippen LogP contribution in [0.5, 0.6) is 5.75 Å². The molecule has 0 spiro atoms. The molecule has 0 saturated carbocycles. The quantitative estimate of drug-likeness (QED) is 0.763. The van der Waals surface area contributed by atoms with E-state index in [1.165, 1.54) is 12.8 Å². The summed E-state index contributed by atoms with van der Waals surface area (Å²) in [5.41, 5.74) is 0.711. The van der Waals surface area contributed by atoms with E-state index in [1.807, 2.05) is 31.2 Å². The van der Waals surface area contributed by atoms with Crippen LogP contribution in [-0.4, -0.2) is 36.9 Å². The maximum atomic E-state index is 12.4. The highest BCUT2D eigenvalue weighted by Gasteiger charge is 2.20. The highest BCUT2D eigenvalue weighted by atomic mass is 16.5. The monoisotopic (exact) mass is 261 g/mol. The van der Waals surface area contributed by atoms with Crippen molar-refractivity contribution in [2.24, 2.45) is 5.92 Å². The summed E-state index contributed by atoms with van der Waals surface area (Å²) in [5, 5.41) is 0. The number of nitrogens with zero attached hydrogens (tertiary/aromatic N) is 1. The van der Waals surface area contributed by atoms with E-state index in [0.29, 0.717) is 24.5 Å². The van der Waals surface area contributed by atoms with Gasteiger partial charge in [0.05, 0.1) is 18.7 Å². The number of hydrogen-bond donors (Lipinski definition) is 0. The lowest BCUT2D eigenvalue weighted by molar-refractivity contribution is 0.0896. The number of ketones is 1. The first-order valence-corrected chi connectivity index (χ1v) is 7.18. The van der Waals surface area contributed by atoms with Gasteiger partial charge in [-0.3, -0.25) is 9.69 Å². The predicted octanol–water partition coefficient (Wildman–Crippen LogP) is 3.00. The van der Waals surface area contributed by atoms with E-state index in [-0.39, 0.29) is 5.78 Å². The molecule has 0 aliphatic carbocycles.